The number of nitrogens with zero attached hydrogens (tertiary/aromatic N) is 2. The van der Waals surface area contributed by atoms with Gasteiger partial charge < -0.3 is 19.4 Å². The molecule has 1 N–H and O–H groups in total. The van der Waals surface area contributed by atoms with Crippen LogP contribution in [0.25, 0.3) is 10.9 Å². The monoisotopic (exact) mass is 475 g/mol. The Morgan fingerprint density at radius 3 is 2.59 bits per heavy atom. The molecule has 0 atom stereocenters. The Morgan fingerprint density at radius 1 is 0.971 bits per heavy atom. The molecule has 1 aliphatic rings. The van der Waals surface area contributed by atoms with Crippen LogP contribution >= 0.6 is 11.6 Å². The molecule has 0 radical (unpaired) electrons. The number of para-hydroxylation sites is 1. The maximum atomic E-state index is 13.4. The minimum absolute atomic E-state index is 0.112. The number of rotatable bonds is 6. The molecule has 0 unspecified atom stereocenters. The second-order valence-corrected chi connectivity index (χ2v) is 8.45. The zero-order chi connectivity index (χ0) is 23.5. The van der Waals surface area contributed by atoms with Gasteiger partial charge in [-0.05, 0) is 35.4 Å². The highest BCUT2D eigenvalue weighted by atomic mass is 35.5. The average Bonchev–Trinajstić information content (AvgIpc) is 2.84. The Kier molecular flexibility index (Phi) is 6.18. The van der Waals surface area contributed by atoms with Gasteiger partial charge in [0.25, 0.3) is 5.56 Å². The van der Waals surface area contributed by atoms with E-state index in [0.29, 0.717) is 53.0 Å². The quantitative estimate of drug-likeness (QED) is 0.453. The van der Waals surface area contributed by atoms with E-state index in [2.05, 4.69) is 9.97 Å². The lowest BCUT2D eigenvalue weighted by molar-refractivity contribution is -0.131. The first kappa shape index (κ1) is 22.0. The fraction of sp³-hybridized carbons (Fsp3) is 0.192. The molecule has 0 fully saturated rings. The number of aromatic nitrogens is 2. The average molecular weight is 476 g/mol. The number of carbonyl (C=O) groups is 1. The van der Waals surface area contributed by atoms with Gasteiger partial charge in [-0.3, -0.25) is 9.59 Å². The van der Waals surface area contributed by atoms with Crippen molar-refractivity contribution in [1.82, 2.24) is 14.9 Å². The Labute approximate surface area is 200 Å². The molecular weight excluding hydrogens is 454 g/mol. The van der Waals surface area contributed by atoms with E-state index in [1.807, 2.05) is 36.4 Å². The summed E-state index contributed by atoms with van der Waals surface area (Å²) in [5, 5.41) is 0.924. The number of halogens is 1. The predicted octanol–water partition coefficient (Wildman–Crippen LogP) is 4.12. The van der Waals surface area contributed by atoms with E-state index in [1.54, 1.807) is 35.2 Å². The van der Waals surface area contributed by atoms with Crippen LogP contribution in [0, 0.1) is 0 Å². The third-order valence-corrected chi connectivity index (χ3v) is 5.86. The molecule has 1 aromatic heterocycles. The van der Waals surface area contributed by atoms with Crippen LogP contribution in [0.3, 0.4) is 0 Å². The first-order valence-electron chi connectivity index (χ1n) is 10.9. The number of hydrogen-bond acceptors (Lipinski definition) is 5. The molecule has 3 aromatic carbocycles. The molecule has 4 aromatic rings. The third kappa shape index (κ3) is 4.75. The van der Waals surface area contributed by atoms with E-state index in [4.69, 9.17) is 21.1 Å². The van der Waals surface area contributed by atoms with Crippen molar-refractivity contribution < 1.29 is 14.3 Å². The number of ether oxygens (including phenoxy) is 2. The summed E-state index contributed by atoms with van der Waals surface area (Å²) in [6.45, 7) is 1.40. The summed E-state index contributed by atoms with van der Waals surface area (Å²) < 4.78 is 11.2. The lowest BCUT2D eigenvalue weighted by atomic mass is 10.1. The number of H-pyrrole nitrogens is 1. The Balaban J connectivity index is 1.43. The summed E-state index contributed by atoms with van der Waals surface area (Å²) in [4.78, 5) is 35.0. The lowest BCUT2D eigenvalue weighted by Gasteiger charge is -2.24. The van der Waals surface area contributed by atoms with Crippen molar-refractivity contribution in [1.29, 1.82) is 0 Å². The van der Waals surface area contributed by atoms with Crippen LogP contribution in [0.5, 0.6) is 11.5 Å². The molecule has 172 valence electrons. The molecular formula is C26H22ClN3O4. The van der Waals surface area contributed by atoms with Crippen LogP contribution in [-0.4, -0.2) is 34.0 Å². The topological polar surface area (TPSA) is 84.5 Å². The number of carbonyl (C=O) groups excluding carboxylic acids is 1. The first-order valence-corrected chi connectivity index (χ1v) is 11.3. The fourth-order valence-electron chi connectivity index (χ4n) is 3.98. The molecule has 8 heteroatoms. The van der Waals surface area contributed by atoms with E-state index in [1.165, 1.54) is 0 Å². The summed E-state index contributed by atoms with van der Waals surface area (Å²) in [6, 6.07) is 20.3. The van der Waals surface area contributed by atoms with Gasteiger partial charge in [-0.1, -0.05) is 54.1 Å². The summed E-state index contributed by atoms with van der Waals surface area (Å²) in [5.41, 5.74) is 2.05. The van der Waals surface area contributed by atoms with Crippen molar-refractivity contribution in [3.05, 3.63) is 99.1 Å². The van der Waals surface area contributed by atoms with Gasteiger partial charge in [0.15, 0.2) is 11.5 Å². The molecule has 1 aliphatic heterocycles. The van der Waals surface area contributed by atoms with Crippen molar-refractivity contribution in [2.75, 3.05) is 13.2 Å². The first-order chi connectivity index (χ1) is 16.6. The SMILES string of the molecule is O=C(Cc1cc(Cl)c2c(c1)OCCO2)N(Cc1ccccc1)Cc1nc2ccccc2c(=O)[nH]1. The van der Waals surface area contributed by atoms with Gasteiger partial charge in [0.1, 0.15) is 19.0 Å². The zero-order valence-electron chi connectivity index (χ0n) is 18.3. The van der Waals surface area contributed by atoms with Crippen molar-refractivity contribution in [3.63, 3.8) is 0 Å². The van der Waals surface area contributed by atoms with Crippen LogP contribution < -0.4 is 15.0 Å². The molecule has 5 rings (SSSR count). The Morgan fingerprint density at radius 2 is 1.74 bits per heavy atom. The van der Waals surface area contributed by atoms with Crippen LogP contribution in [0.15, 0.2) is 71.5 Å². The van der Waals surface area contributed by atoms with E-state index in [-0.39, 0.29) is 24.4 Å². The number of benzene rings is 3. The molecule has 34 heavy (non-hydrogen) atoms. The smallest absolute Gasteiger partial charge is 0.258 e. The molecule has 0 saturated carbocycles. The molecule has 0 saturated heterocycles. The van der Waals surface area contributed by atoms with E-state index < -0.39 is 0 Å². The second kappa shape index (κ2) is 9.57. The van der Waals surface area contributed by atoms with E-state index in [9.17, 15) is 9.59 Å². The summed E-state index contributed by atoms with van der Waals surface area (Å²) in [6.07, 6.45) is 0.112. The minimum Gasteiger partial charge on any atom is -0.486 e. The number of aromatic amines is 1. The summed E-state index contributed by atoms with van der Waals surface area (Å²) >= 11 is 6.36. The molecule has 1 amide bonds. The second-order valence-electron chi connectivity index (χ2n) is 8.04. The summed E-state index contributed by atoms with van der Waals surface area (Å²) in [7, 11) is 0. The summed E-state index contributed by atoms with van der Waals surface area (Å²) in [5.74, 6) is 1.33. The number of hydrogen-bond donors (Lipinski definition) is 1. The van der Waals surface area contributed by atoms with Gasteiger partial charge in [-0.2, -0.15) is 0 Å². The maximum Gasteiger partial charge on any atom is 0.258 e. The molecule has 0 aliphatic carbocycles. The number of nitrogens with one attached hydrogen (secondary N) is 1. The van der Waals surface area contributed by atoms with E-state index in [0.717, 1.165) is 11.1 Å². The van der Waals surface area contributed by atoms with Gasteiger partial charge in [0.2, 0.25) is 5.91 Å². The standard InChI is InChI=1S/C26H22ClN3O4/c27-20-12-18(13-22-25(20)34-11-10-33-22)14-24(31)30(15-17-6-2-1-3-7-17)16-23-28-21-9-5-4-8-19(21)26(32)29-23/h1-9,12-13H,10-11,14-16H2,(H,28,29,32). The highest BCUT2D eigenvalue weighted by Crippen LogP contribution is 2.38. The molecule has 0 bridgehead atoms. The van der Waals surface area contributed by atoms with E-state index >= 15 is 0 Å². The fourth-order valence-corrected chi connectivity index (χ4v) is 4.27. The van der Waals surface area contributed by atoms with Crippen molar-refractivity contribution in [2.24, 2.45) is 0 Å². The van der Waals surface area contributed by atoms with Gasteiger partial charge in [-0.25, -0.2) is 4.98 Å². The van der Waals surface area contributed by atoms with Gasteiger partial charge in [0.05, 0.1) is 28.9 Å². The predicted molar refractivity (Wildman–Crippen MR) is 129 cm³/mol. The van der Waals surface area contributed by atoms with Gasteiger partial charge >= 0.3 is 0 Å². The minimum atomic E-state index is -0.230. The van der Waals surface area contributed by atoms with Crippen LogP contribution in [-0.2, 0) is 24.3 Å². The van der Waals surface area contributed by atoms with Crippen molar-refractivity contribution in [2.45, 2.75) is 19.5 Å². The van der Waals surface area contributed by atoms with Crippen molar-refractivity contribution >= 4 is 28.4 Å². The number of fused-ring (bicyclic) bond motifs is 2. The normalized spacial score (nSPS) is 12.5. The molecule has 7 nitrogen and oxygen atoms in total. The largest absolute Gasteiger partial charge is 0.486 e. The Bertz CT molecular complexity index is 1400. The van der Waals surface area contributed by atoms with Crippen molar-refractivity contribution in [3.8, 4) is 11.5 Å². The third-order valence-electron chi connectivity index (χ3n) is 5.58. The molecule has 0 spiro atoms. The van der Waals surface area contributed by atoms with Crippen LogP contribution in [0.4, 0.5) is 0 Å². The van der Waals surface area contributed by atoms with Gasteiger partial charge in [0, 0.05) is 6.54 Å². The highest BCUT2D eigenvalue weighted by Gasteiger charge is 2.21. The lowest BCUT2D eigenvalue weighted by Crippen LogP contribution is -2.33. The van der Waals surface area contributed by atoms with Gasteiger partial charge in [-0.15, -0.1) is 0 Å². The highest BCUT2D eigenvalue weighted by molar-refractivity contribution is 6.32. The Hall–Kier alpha value is -3.84. The van der Waals surface area contributed by atoms with Crippen LogP contribution in [0.2, 0.25) is 5.02 Å². The maximum absolute atomic E-state index is 13.4. The zero-order valence-corrected chi connectivity index (χ0v) is 19.0. The number of amides is 1. The van der Waals surface area contributed by atoms with Crippen LogP contribution in [0.1, 0.15) is 17.0 Å². The molecule has 2 heterocycles.